The van der Waals surface area contributed by atoms with Gasteiger partial charge in [-0.1, -0.05) is 35.5 Å². The first kappa shape index (κ1) is 14.6. The molecule has 0 spiro atoms. The molecular formula is C14H14N2O3. The first-order chi connectivity index (χ1) is 8.88. The fourth-order valence-corrected chi connectivity index (χ4v) is 1.11. The molecule has 0 saturated heterocycles. The van der Waals surface area contributed by atoms with E-state index in [2.05, 4.69) is 9.99 Å². The Hall–Kier alpha value is -2.48. The lowest BCUT2D eigenvalue weighted by atomic mass is 9.97. The lowest BCUT2D eigenvalue weighted by Crippen LogP contribution is -2.24. The smallest absolute Gasteiger partial charge is 0.316 e. The number of hydrogen-bond donors (Lipinski definition) is 0. The van der Waals surface area contributed by atoms with Gasteiger partial charge >= 0.3 is 5.97 Å². The molecule has 0 bridgehead atoms. The highest BCUT2D eigenvalue weighted by Crippen LogP contribution is 2.15. The fourth-order valence-electron chi connectivity index (χ4n) is 1.11. The Balaban J connectivity index is 2.77. The summed E-state index contributed by atoms with van der Waals surface area (Å²) >= 11 is 0. The van der Waals surface area contributed by atoms with Gasteiger partial charge in [0.15, 0.2) is 5.41 Å². The van der Waals surface area contributed by atoms with Gasteiger partial charge < -0.3 is 4.84 Å². The Morgan fingerprint density at radius 1 is 1.26 bits per heavy atom. The van der Waals surface area contributed by atoms with Crippen molar-refractivity contribution >= 4 is 17.5 Å². The number of nitrogens with zero attached hydrogens (tertiary/aromatic N) is 2. The van der Waals surface area contributed by atoms with Crippen LogP contribution in [0.2, 0.25) is 0 Å². The van der Waals surface area contributed by atoms with Gasteiger partial charge in [0, 0.05) is 5.56 Å². The van der Waals surface area contributed by atoms with Crippen molar-refractivity contribution in [3.8, 4) is 6.07 Å². The fraction of sp³-hybridized carbons (Fsp3) is 0.286. The number of Topliss-reactive ketones (excluding diaryl/α,β-unsaturated/α-hetero) is 1. The zero-order valence-corrected chi connectivity index (χ0v) is 11.0. The number of carbonyl (C=O) groups is 2. The van der Waals surface area contributed by atoms with Crippen molar-refractivity contribution in [1.82, 2.24) is 0 Å². The Bertz CT molecular complexity index is 554. The maximum atomic E-state index is 11.9. The molecule has 1 aromatic rings. The SMILES string of the molecule is C/C(=N\OC(=O)C(C)(C)C#N)C(=O)c1ccccc1. The highest BCUT2D eigenvalue weighted by atomic mass is 16.7. The van der Waals surface area contributed by atoms with E-state index in [1.165, 1.54) is 20.8 Å². The molecule has 0 aromatic heterocycles. The summed E-state index contributed by atoms with van der Waals surface area (Å²) in [5.41, 5.74) is -0.785. The summed E-state index contributed by atoms with van der Waals surface area (Å²) in [6.07, 6.45) is 0. The number of carbonyl (C=O) groups excluding carboxylic acids is 2. The van der Waals surface area contributed by atoms with Crippen LogP contribution in [-0.2, 0) is 9.63 Å². The molecule has 1 rings (SSSR count). The zero-order chi connectivity index (χ0) is 14.5. The highest BCUT2D eigenvalue weighted by Gasteiger charge is 2.30. The summed E-state index contributed by atoms with van der Waals surface area (Å²) in [5.74, 6) is -1.13. The van der Waals surface area contributed by atoms with Crippen LogP contribution in [0.5, 0.6) is 0 Å². The maximum Gasteiger partial charge on any atom is 0.354 e. The van der Waals surface area contributed by atoms with Gasteiger partial charge in [-0.25, -0.2) is 4.79 Å². The van der Waals surface area contributed by atoms with Crippen LogP contribution >= 0.6 is 0 Å². The molecule has 5 heteroatoms. The van der Waals surface area contributed by atoms with E-state index in [1.807, 2.05) is 0 Å². The van der Waals surface area contributed by atoms with E-state index in [0.29, 0.717) is 5.56 Å². The van der Waals surface area contributed by atoms with E-state index in [0.717, 1.165) is 0 Å². The van der Waals surface area contributed by atoms with Crippen LogP contribution in [0, 0.1) is 16.7 Å². The van der Waals surface area contributed by atoms with Crippen molar-refractivity contribution < 1.29 is 14.4 Å². The largest absolute Gasteiger partial charge is 0.354 e. The molecule has 0 unspecified atom stereocenters. The molecule has 0 atom stereocenters. The van der Waals surface area contributed by atoms with Crippen LogP contribution in [0.4, 0.5) is 0 Å². The minimum absolute atomic E-state index is 0.0493. The summed E-state index contributed by atoms with van der Waals surface area (Å²) < 4.78 is 0. The van der Waals surface area contributed by atoms with Crippen LogP contribution < -0.4 is 0 Å². The van der Waals surface area contributed by atoms with E-state index in [-0.39, 0.29) is 11.5 Å². The second kappa shape index (κ2) is 5.91. The third-order valence-electron chi connectivity index (χ3n) is 2.42. The summed E-state index contributed by atoms with van der Waals surface area (Å²) in [5, 5.41) is 12.2. The minimum Gasteiger partial charge on any atom is -0.316 e. The van der Waals surface area contributed by atoms with Crippen molar-refractivity contribution in [2.75, 3.05) is 0 Å². The Labute approximate surface area is 111 Å². The van der Waals surface area contributed by atoms with Gasteiger partial charge in [-0.2, -0.15) is 5.26 Å². The Kier molecular flexibility index (Phi) is 4.54. The van der Waals surface area contributed by atoms with E-state index < -0.39 is 11.4 Å². The Morgan fingerprint density at radius 2 is 1.84 bits per heavy atom. The van der Waals surface area contributed by atoms with Crippen LogP contribution in [0.1, 0.15) is 31.1 Å². The summed E-state index contributed by atoms with van der Waals surface area (Å²) in [6.45, 7) is 4.28. The molecule has 0 aliphatic heterocycles. The number of hydrogen-bond acceptors (Lipinski definition) is 5. The molecule has 0 heterocycles. The molecular weight excluding hydrogens is 244 g/mol. The van der Waals surface area contributed by atoms with Gasteiger partial charge in [0.1, 0.15) is 5.71 Å². The number of nitriles is 1. The van der Waals surface area contributed by atoms with E-state index in [9.17, 15) is 9.59 Å². The zero-order valence-electron chi connectivity index (χ0n) is 11.0. The molecule has 0 fully saturated rings. The van der Waals surface area contributed by atoms with Crippen LogP contribution in [0.3, 0.4) is 0 Å². The predicted molar refractivity (Wildman–Crippen MR) is 69.4 cm³/mol. The molecule has 0 N–H and O–H groups in total. The molecule has 5 nitrogen and oxygen atoms in total. The first-order valence-electron chi connectivity index (χ1n) is 5.65. The molecule has 0 radical (unpaired) electrons. The van der Waals surface area contributed by atoms with Gasteiger partial charge in [-0.15, -0.1) is 0 Å². The van der Waals surface area contributed by atoms with E-state index in [4.69, 9.17) is 5.26 Å². The second-order valence-corrected chi connectivity index (χ2v) is 4.49. The topological polar surface area (TPSA) is 79.5 Å². The molecule has 19 heavy (non-hydrogen) atoms. The lowest BCUT2D eigenvalue weighted by molar-refractivity contribution is -0.150. The summed E-state index contributed by atoms with van der Waals surface area (Å²) in [7, 11) is 0. The Morgan fingerprint density at radius 3 is 2.37 bits per heavy atom. The van der Waals surface area contributed by atoms with E-state index >= 15 is 0 Å². The molecule has 98 valence electrons. The number of ketones is 1. The molecule has 0 saturated carbocycles. The standard InChI is InChI=1S/C14H14N2O3/c1-10(12(17)11-7-5-4-6-8-11)16-19-13(18)14(2,3)9-15/h4-8H,1-3H3/b16-10+. The van der Waals surface area contributed by atoms with Gasteiger partial charge in [0.05, 0.1) is 6.07 Å². The average molecular weight is 258 g/mol. The van der Waals surface area contributed by atoms with Crippen molar-refractivity contribution in [2.45, 2.75) is 20.8 Å². The third kappa shape index (κ3) is 3.75. The van der Waals surface area contributed by atoms with Gasteiger partial charge in [-0.3, -0.25) is 4.79 Å². The van der Waals surface area contributed by atoms with E-state index in [1.54, 1.807) is 36.4 Å². The molecule has 0 aliphatic rings. The number of benzene rings is 1. The summed E-state index contributed by atoms with van der Waals surface area (Å²) in [4.78, 5) is 28.0. The van der Waals surface area contributed by atoms with Gasteiger partial charge in [0.2, 0.25) is 5.78 Å². The number of rotatable bonds is 4. The van der Waals surface area contributed by atoms with Crippen molar-refractivity contribution in [1.29, 1.82) is 5.26 Å². The van der Waals surface area contributed by atoms with Gasteiger partial charge in [-0.05, 0) is 20.8 Å². The third-order valence-corrected chi connectivity index (χ3v) is 2.42. The molecule has 0 amide bonds. The lowest BCUT2D eigenvalue weighted by Gasteiger charge is -2.10. The summed E-state index contributed by atoms with van der Waals surface area (Å²) in [6, 6.07) is 10.3. The molecule has 1 aromatic carbocycles. The second-order valence-electron chi connectivity index (χ2n) is 4.49. The predicted octanol–water partition coefficient (Wildman–Crippen LogP) is 2.34. The van der Waals surface area contributed by atoms with Crippen molar-refractivity contribution in [2.24, 2.45) is 10.6 Å². The van der Waals surface area contributed by atoms with Crippen LogP contribution in [0.25, 0.3) is 0 Å². The quantitative estimate of drug-likeness (QED) is 0.359. The van der Waals surface area contributed by atoms with Crippen LogP contribution in [-0.4, -0.2) is 17.5 Å². The minimum atomic E-state index is -1.29. The monoisotopic (exact) mass is 258 g/mol. The first-order valence-corrected chi connectivity index (χ1v) is 5.65. The average Bonchev–Trinajstić information content (AvgIpc) is 2.44. The maximum absolute atomic E-state index is 11.9. The normalized spacial score (nSPS) is 11.6. The van der Waals surface area contributed by atoms with Gasteiger partial charge in [0.25, 0.3) is 0 Å². The number of oxime groups is 1. The highest BCUT2D eigenvalue weighted by molar-refractivity contribution is 6.45. The van der Waals surface area contributed by atoms with Crippen LogP contribution in [0.15, 0.2) is 35.5 Å². The van der Waals surface area contributed by atoms with Crippen molar-refractivity contribution in [3.63, 3.8) is 0 Å². The van der Waals surface area contributed by atoms with Crippen molar-refractivity contribution in [3.05, 3.63) is 35.9 Å². The molecule has 0 aliphatic carbocycles.